The number of rotatable bonds is 9. The van der Waals surface area contributed by atoms with Crippen LogP contribution in [0.1, 0.15) is 23.9 Å². The average molecular weight is 427 g/mol. The number of nitrogens with one attached hydrogen (secondary N) is 1. The molecule has 1 N–H and O–H groups in total. The minimum atomic E-state index is -0.132. The van der Waals surface area contributed by atoms with Crippen molar-refractivity contribution in [3.05, 3.63) is 59.4 Å². The Morgan fingerprint density at radius 3 is 2.67 bits per heavy atom. The van der Waals surface area contributed by atoms with Crippen molar-refractivity contribution in [3.8, 4) is 11.5 Å². The Hall–Kier alpha value is -3.00. The molecule has 3 aromatic rings. The summed E-state index contributed by atoms with van der Waals surface area (Å²) in [4.78, 5) is 12.5. The number of ether oxygens (including phenoxy) is 2. The zero-order valence-corrected chi connectivity index (χ0v) is 18.5. The van der Waals surface area contributed by atoms with Crippen molar-refractivity contribution in [3.63, 3.8) is 0 Å². The number of hydrogen-bond donors (Lipinski definition) is 1. The van der Waals surface area contributed by atoms with Gasteiger partial charge < -0.3 is 19.4 Å². The number of aryl methyl sites for hydroxylation is 2. The van der Waals surface area contributed by atoms with Crippen molar-refractivity contribution in [2.24, 2.45) is 0 Å². The van der Waals surface area contributed by atoms with Gasteiger partial charge in [-0.15, -0.1) is 10.2 Å². The first-order valence-electron chi connectivity index (χ1n) is 9.69. The first-order chi connectivity index (χ1) is 14.5. The van der Waals surface area contributed by atoms with Crippen LogP contribution < -0.4 is 14.8 Å². The van der Waals surface area contributed by atoms with Gasteiger partial charge in [0.05, 0.1) is 18.6 Å². The molecule has 0 atom stereocenters. The van der Waals surface area contributed by atoms with Gasteiger partial charge in [-0.3, -0.25) is 4.79 Å². The molecule has 0 fully saturated rings. The number of amides is 1. The van der Waals surface area contributed by atoms with Crippen molar-refractivity contribution < 1.29 is 14.3 Å². The maximum atomic E-state index is 12.5. The molecule has 0 aliphatic carbocycles. The zero-order valence-electron chi connectivity index (χ0n) is 17.6. The van der Waals surface area contributed by atoms with Gasteiger partial charge in [0, 0.05) is 6.54 Å². The second-order valence-corrected chi connectivity index (χ2v) is 7.68. The molecule has 1 amide bonds. The van der Waals surface area contributed by atoms with Crippen LogP contribution in [0.25, 0.3) is 0 Å². The van der Waals surface area contributed by atoms with E-state index in [1.165, 1.54) is 11.8 Å². The molecule has 0 spiro atoms. The van der Waals surface area contributed by atoms with E-state index in [1.54, 1.807) is 7.11 Å². The molecule has 8 heteroatoms. The number of carbonyl (C=O) groups excluding carboxylic acids is 1. The van der Waals surface area contributed by atoms with E-state index < -0.39 is 0 Å². The second kappa shape index (κ2) is 10.2. The minimum Gasteiger partial charge on any atom is -0.495 e. The first-order valence-corrected chi connectivity index (χ1v) is 10.7. The number of benzene rings is 2. The molecule has 0 bridgehead atoms. The number of aromatic nitrogens is 3. The highest BCUT2D eigenvalue weighted by Crippen LogP contribution is 2.26. The lowest BCUT2D eigenvalue weighted by molar-refractivity contribution is -0.113. The fourth-order valence-corrected chi connectivity index (χ4v) is 3.77. The fourth-order valence-electron chi connectivity index (χ4n) is 2.95. The van der Waals surface area contributed by atoms with Crippen LogP contribution in [0.3, 0.4) is 0 Å². The third-order valence-electron chi connectivity index (χ3n) is 4.52. The van der Waals surface area contributed by atoms with Gasteiger partial charge in [-0.05, 0) is 50.1 Å². The number of carbonyl (C=O) groups is 1. The Morgan fingerprint density at radius 1 is 1.13 bits per heavy atom. The zero-order chi connectivity index (χ0) is 21.5. The van der Waals surface area contributed by atoms with Crippen LogP contribution in [0, 0.1) is 13.8 Å². The number of para-hydroxylation sites is 1. The summed E-state index contributed by atoms with van der Waals surface area (Å²) >= 11 is 1.34. The molecule has 3 rings (SSSR count). The number of methoxy groups -OCH3 is 1. The summed E-state index contributed by atoms with van der Waals surface area (Å²) in [7, 11) is 1.58. The van der Waals surface area contributed by atoms with Crippen LogP contribution >= 0.6 is 11.8 Å². The minimum absolute atomic E-state index is 0.132. The van der Waals surface area contributed by atoms with E-state index in [1.807, 2.05) is 67.8 Å². The molecule has 0 aliphatic rings. The van der Waals surface area contributed by atoms with Gasteiger partial charge in [0.15, 0.2) is 11.0 Å². The maximum absolute atomic E-state index is 12.5. The Labute approximate surface area is 180 Å². The highest BCUT2D eigenvalue weighted by atomic mass is 32.2. The standard InChI is InChI=1S/C22H26N4O3S/c1-5-26-20(13-29-18-9-7-6-8-16(18)3)24-25-22(26)30-14-21(27)23-17-12-15(2)10-11-19(17)28-4/h6-12H,5,13-14H2,1-4H3,(H,23,27). The van der Waals surface area contributed by atoms with Gasteiger partial charge in [-0.25, -0.2) is 0 Å². The van der Waals surface area contributed by atoms with Crippen LogP contribution in [0.15, 0.2) is 47.6 Å². The Morgan fingerprint density at radius 2 is 1.93 bits per heavy atom. The van der Waals surface area contributed by atoms with Gasteiger partial charge in [0.2, 0.25) is 5.91 Å². The fraction of sp³-hybridized carbons (Fsp3) is 0.318. The van der Waals surface area contributed by atoms with Crippen molar-refractivity contribution in [1.82, 2.24) is 14.8 Å². The van der Waals surface area contributed by atoms with E-state index in [0.717, 1.165) is 22.7 Å². The molecule has 1 aromatic heterocycles. The average Bonchev–Trinajstić information content (AvgIpc) is 3.13. The Bertz CT molecular complexity index is 1020. The number of anilines is 1. The number of thioether (sulfide) groups is 1. The summed E-state index contributed by atoms with van der Waals surface area (Å²) in [6.45, 7) is 6.99. The molecule has 2 aromatic carbocycles. The van der Waals surface area contributed by atoms with Gasteiger partial charge in [0.1, 0.15) is 18.1 Å². The molecular formula is C22H26N4O3S. The Kier molecular flexibility index (Phi) is 7.35. The third kappa shape index (κ3) is 5.33. The molecule has 30 heavy (non-hydrogen) atoms. The summed E-state index contributed by atoms with van der Waals surface area (Å²) < 4.78 is 13.2. The SMILES string of the molecule is CCn1c(COc2ccccc2C)nnc1SCC(=O)Nc1cc(C)ccc1OC. The lowest BCUT2D eigenvalue weighted by atomic mass is 10.2. The Balaban J connectivity index is 1.61. The molecule has 7 nitrogen and oxygen atoms in total. The number of nitrogens with zero attached hydrogens (tertiary/aromatic N) is 3. The smallest absolute Gasteiger partial charge is 0.234 e. The highest BCUT2D eigenvalue weighted by Gasteiger charge is 2.15. The van der Waals surface area contributed by atoms with Crippen LogP contribution in [0.5, 0.6) is 11.5 Å². The number of hydrogen-bond acceptors (Lipinski definition) is 6. The van der Waals surface area contributed by atoms with E-state index in [4.69, 9.17) is 9.47 Å². The molecule has 0 aliphatic heterocycles. The van der Waals surface area contributed by atoms with Crippen molar-refractivity contribution in [2.45, 2.75) is 39.1 Å². The molecule has 0 saturated carbocycles. The molecule has 0 radical (unpaired) electrons. The highest BCUT2D eigenvalue weighted by molar-refractivity contribution is 7.99. The second-order valence-electron chi connectivity index (χ2n) is 6.74. The molecular weight excluding hydrogens is 400 g/mol. The van der Waals surface area contributed by atoms with Gasteiger partial charge in [0.25, 0.3) is 0 Å². The van der Waals surface area contributed by atoms with Crippen LogP contribution in [-0.4, -0.2) is 33.5 Å². The normalized spacial score (nSPS) is 10.7. The maximum Gasteiger partial charge on any atom is 0.234 e. The lowest BCUT2D eigenvalue weighted by Gasteiger charge is -2.11. The molecule has 0 saturated heterocycles. The van der Waals surface area contributed by atoms with Crippen LogP contribution in [0.2, 0.25) is 0 Å². The first kappa shape index (κ1) is 21.7. The quantitative estimate of drug-likeness (QED) is 0.516. The van der Waals surface area contributed by atoms with Crippen LogP contribution in [0.4, 0.5) is 5.69 Å². The summed E-state index contributed by atoms with van der Waals surface area (Å²) in [5, 5.41) is 12.1. The lowest BCUT2D eigenvalue weighted by Crippen LogP contribution is -2.15. The van der Waals surface area contributed by atoms with Gasteiger partial charge in [-0.2, -0.15) is 0 Å². The van der Waals surface area contributed by atoms with E-state index in [9.17, 15) is 4.79 Å². The predicted octanol–water partition coefficient (Wildman–Crippen LogP) is 4.23. The van der Waals surface area contributed by atoms with E-state index >= 15 is 0 Å². The van der Waals surface area contributed by atoms with Crippen molar-refractivity contribution in [1.29, 1.82) is 0 Å². The van der Waals surface area contributed by atoms with E-state index in [2.05, 4.69) is 15.5 Å². The van der Waals surface area contributed by atoms with Crippen LogP contribution in [-0.2, 0) is 17.9 Å². The van der Waals surface area contributed by atoms with E-state index in [0.29, 0.717) is 29.7 Å². The van der Waals surface area contributed by atoms with Gasteiger partial charge >= 0.3 is 0 Å². The largest absolute Gasteiger partial charge is 0.495 e. The van der Waals surface area contributed by atoms with Gasteiger partial charge in [-0.1, -0.05) is 36.0 Å². The van der Waals surface area contributed by atoms with E-state index in [-0.39, 0.29) is 11.7 Å². The van der Waals surface area contributed by atoms with Crippen molar-refractivity contribution in [2.75, 3.05) is 18.2 Å². The summed E-state index contributed by atoms with van der Waals surface area (Å²) in [6.07, 6.45) is 0. The third-order valence-corrected chi connectivity index (χ3v) is 5.49. The van der Waals surface area contributed by atoms with Crippen molar-refractivity contribution >= 4 is 23.4 Å². The molecule has 1 heterocycles. The molecule has 158 valence electrons. The summed E-state index contributed by atoms with van der Waals surface area (Å²) in [5.41, 5.74) is 2.77. The monoisotopic (exact) mass is 426 g/mol. The molecule has 0 unspecified atom stereocenters. The summed E-state index contributed by atoms with van der Waals surface area (Å²) in [5.74, 6) is 2.26. The predicted molar refractivity (Wildman–Crippen MR) is 118 cm³/mol. The topological polar surface area (TPSA) is 78.3 Å². The summed E-state index contributed by atoms with van der Waals surface area (Å²) in [6, 6.07) is 13.5.